The second-order valence-corrected chi connectivity index (χ2v) is 5.15. The molecule has 0 saturated carbocycles. The number of carbonyl (C=O) groups is 1. The van der Waals surface area contributed by atoms with Crippen LogP contribution in [0, 0.1) is 5.92 Å². The number of methoxy groups -OCH3 is 1. The van der Waals surface area contributed by atoms with Crippen LogP contribution in [0.15, 0.2) is 24.8 Å². The van der Waals surface area contributed by atoms with Gasteiger partial charge in [0.2, 0.25) is 0 Å². The van der Waals surface area contributed by atoms with E-state index in [1.807, 2.05) is 25.1 Å². The van der Waals surface area contributed by atoms with Crippen LogP contribution >= 0.6 is 0 Å². The van der Waals surface area contributed by atoms with E-state index in [9.17, 15) is 4.79 Å². The summed E-state index contributed by atoms with van der Waals surface area (Å²) in [6, 6.07) is 6.03. The van der Waals surface area contributed by atoms with Gasteiger partial charge in [0.25, 0.3) is 0 Å². The van der Waals surface area contributed by atoms with Crippen molar-refractivity contribution in [3.63, 3.8) is 0 Å². The number of rotatable bonds is 5. The van der Waals surface area contributed by atoms with Gasteiger partial charge in [0.1, 0.15) is 5.75 Å². The Kier molecular flexibility index (Phi) is 5.26. The second-order valence-electron chi connectivity index (χ2n) is 5.15. The molecule has 4 nitrogen and oxygen atoms in total. The summed E-state index contributed by atoms with van der Waals surface area (Å²) in [4.78, 5) is 14.1. The maximum absolute atomic E-state index is 11.8. The SMILES string of the molecule is C=Cc1ccc(OC)c(N2CCC(C(=O)OCC)CC2)c1. The minimum atomic E-state index is -0.0658. The average Bonchev–Trinajstić information content (AvgIpc) is 2.54. The van der Waals surface area contributed by atoms with Gasteiger partial charge in [-0.3, -0.25) is 4.79 Å². The summed E-state index contributed by atoms with van der Waals surface area (Å²) in [7, 11) is 1.68. The number of nitrogens with zero attached hydrogens (tertiary/aromatic N) is 1. The van der Waals surface area contributed by atoms with Crippen molar-refractivity contribution in [3.05, 3.63) is 30.3 Å². The number of anilines is 1. The molecule has 1 aliphatic heterocycles. The first-order chi connectivity index (χ1) is 10.2. The van der Waals surface area contributed by atoms with Gasteiger partial charge in [-0.05, 0) is 37.5 Å². The highest BCUT2D eigenvalue weighted by Gasteiger charge is 2.27. The van der Waals surface area contributed by atoms with Crippen molar-refractivity contribution < 1.29 is 14.3 Å². The zero-order chi connectivity index (χ0) is 15.2. The maximum atomic E-state index is 11.8. The molecule has 1 saturated heterocycles. The van der Waals surface area contributed by atoms with Gasteiger partial charge < -0.3 is 14.4 Å². The Balaban J connectivity index is 2.08. The van der Waals surface area contributed by atoms with E-state index in [1.165, 1.54) is 0 Å². The third kappa shape index (κ3) is 3.57. The van der Waals surface area contributed by atoms with Gasteiger partial charge in [0.05, 0.1) is 25.3 Å². The normalized spacial score (nSPS) is 15.6. The minimum absolute atomic E-state index is 0.0229. The van der Waals surface area contributed by atoms with Crippen LogP contribution in [0.4, 0.5) is 5.69 Å². The van der Waals surface area contributed by atoms with Gasteiger partial charge >= 0.3 is 5.97 Å². The highest BCUT2D eigenvalue weighted by molar-refractivity contribution is 5.73. The quantitative estimate of drug-likeness (QED) is 0.781. The fourth-order valence-electron chi connectivity index (χ4n) is 2.70. The minimum Gasteiger partial charge on any atom is -0.495 e. The van der Waals surface area contributed by atoms with Crippen molar-refractivity contribution in [3.8, 4) is 5.75 Å². The van der Waals surface area contributed by atoms with Gasteiger partial charge in [-0.2, -0.15) is 0 Å². The largest absolute Gasteiger partial charge is 0.495 e. The van der Waals surface area contributed by atoms with Crippen LogP contribution in [0.3, 0.4) is 0 Å². The zero-order valence-corrected chi connectivity index (χ0v) is 12.8. The molecule has 0 aliphatic carbocycles. The molecular formula is C17H23NO3. The fourth-order valence-corrected chi connectivity index (χ4v) is 2.70. The molecule has 2 rings (SSSR count). The van der Waals surface area contributed by atoms with E-state index in [2.05, 4.69) is 17.5 Å². The lowest BCUT2D eigenvalue weighted by Crippen LogP contribution is -2.37. The predicted molar refractivity (Wildman–Crippen MR) is 84.7 cm³/mol. The lowest BCUT2D eigenvalue weighted by Gasteiger charge is -2.33. The first kappa shape index (κ1) is 15.4. The highest BCUT2D eigenvalue weighted by Crippen LogP contribution is 2.33. The molecule has 1 aliphatic rings. The Morgan fingerprint density at radius 1 is 1.43 bits per heavy atom. The lowest BCUT2D eigenvalue weighted by molar-refractivity contribution is -0.148. The fraction of sp³-hybridized carbons (Fsp3) is 0.471. The molecule has 21 heavy (non-hydrogen) atoms. The van der Waals surface area contributed by atoms with Crippen LogP contribution in [-0.2, 0) is 9.53 Å². The number of piperidine rings is 1. The third-order valence-corrected chi connectivity index (χ3v) is 3.89. The predicted octanol–water partition coefficient (Wildman–Crippen LogP) is 3.12. The standard InChI is InChI=1S/C17H23NO3/c1-4-13-6-7-16(20-3)15(12-13)18-10-8-14(9-11-18)17(19)21-5-2/h4,6-7,12,14H,1,5,8-11H2,2-3H3. The number of hydrogen-bond donors (Lipinski definition) is 0. The van der Waals surface area contributed by atoms with E-state index in [1.54, 1.807) is 7.11 Å². The summed E-state index contributed by atoms with van der Waals surface area (Å²) < 4.78 is 10.6. The van der Waals surface area contributed by atoms with Crippen LogP contribution in [0.2, 0.25) is 0 Å². The maximum Gasteiger partial charge on any atom is 0.309 e. The van der Waals surface area contributed by atoms with E-state index >= 15 is 0 Å². The van der Waals surface area contributed by atoms with Crippen molar-refractivity contribution in [2.45, 2.75) is 19.8 Å². The van der Waals surface area contributed by atoms with Crippen molar-refractivity contribution in [1.82, 2.24) is 0 Å². The Bertz CT molecular complexity index is 505. The molecule has 1 aromatic carbocycles. The molecule has 0 N–H and O–H groups in total. The summed E-state index contributed by atoms with van der Waals surface area (Å²) in [5, 5.41) is 0. The Labute approximate surface area is 126 Å². The molecule has 0 aromatic heterocycles. The van der Waals surface area contributed by atoms with Crippen LogP contribution in [0.5, 0.6) is 5.75 Å². The van der Waals surface area contributed by atoms with E-state index in [-0.39, 0.29) is 11.9 Å². The molecule has 1 fully saturated rings. The molecule has 0 unspecified atom stereocenters. The Hall–Kier alpha value is -1.97. The molecule has 114 valence electrons. The van der Waals surface area contributed by atoms with E-state index in [0.717, 1.165) is 42.9 Å². The topological polar surface area (TPSA) is 38.8 Å². The van der Waals surface area contributed by atoms with E-state index in [0.29, 0.717) is 6.61 Å². The van der Waals surface area contributed by atoms with E-state index in [4.69, 9.17) is 9.47 Å². The summed E-state index contributed by atoms with van der Waals surface area (Å²) in [6.07, 6.45) is 3.47. The number of hydrogen-bond acceptors (Lipinski definition) is 4. The average molecular weight is 289 g/mol. The molecule has 1 heterocycles. The molecule has 0 spiro atoms. The molecule has 1 aromatic rings. The molecule has 0 atom stereocenters. The van der Waals surface area contributed by atoms with Crippen LogP contribution in [0.1, 0.15) is 25.3 Å². The number of esters is 1. The van der Waals surface area contributed by atoms with Gasteiger partial charge in [-0.25, -0.2) is 0 Å². The van der Waals surface area contributed by atoms with Crippen molar-refractivity contribution in [2.75, 3.05) is 31.7 Å². The Morgan fingerprint density at radius 2 is 2.14 bits per heavy atom. The number of ether oxygens (including phenoxy) is 2. The molecule has 0 bridgehead atoms. The van der Waals surface area contributed by atoms with Crippen molar-refractivity contribution >= 4 is 17.7 Å². The summed E-state index contributed by atoms with van der Waals surface area (Å²) in [6.45, 7) is 7.77. The molecular weight excluding hydrogens is 266 g/mol. The zero-order valence-electron chi connectivity index (χ0n) is 12.8. The lowest BCUT2D eigenvalue weighted by atomic mass is 9.96. The Morgan fingerprint density at radius 3 is 2.71 bits per heavy atom. The van der Waals surface area contributed by atoms with E-state index < -0.39 is 0 Å². The van der Waals surface area contributed by atoms with Crippen LogP contribution < -0.4 is 9.64 Å². The monoisotopic (exact) mass is 289 g/mol. The summed E-state index contributed by atoms with van der Waals surface area (Å²) in [5.74, 6) is 0.814. The van der Waals surface area contributed by atoms with Gasteiger partial charge in [-0.15, -0.1) is 0 Å². The van der Waals surface area contributed by atoms with Gasteiger partial charge in [0, 0.05) is 13.1 Å². The van der Waals surface area contributed by atoms with Crippen LogP contribution in [-0.4, -0.2) is 32.8 Å². The third-order valence-electron chi connectivity index (χ3n) is 3.89. The first-order valence-electron chi connectivity index (χ1n) is 7.41. The number of carbonyl (C=O) groups excluding carboxylic acids is 1. The molecule has 0 radical (unpaired) electrons. The van der Waals surface area contributed by atoms with Gasteiger partial charge in [-0.1, -0.05) is 18.7 Å². The van der Waals surface area contributed by atoms with Gasteiger partial charge in [0.15, 0.2) is 0 Å². The van der Waals surface area contributed by atoms with Crippen molar-refractivity contribution in [2.24, 2.45) is 5.92 Å². The smallest absolute Gasteiger partial charge is 0.309 e. The summed E-state index contributed by atoms with van der Waals surface area (Å²) in [5.41, 5.74) is 2.13. The highest BCUT2D eigenvalue weighted by atomic mass is 16.5. The van der Waals surface area contributed by atoms with Crippen LogP contribution in [0.25, 0.3) is 6.08 Å². The molecule has 4 heteroatoms. The van der Waals surface area contributed by atoms with Crippen molar-refractivity contribution in [1.29, 1.82) is 0 Å². The first-order valence-corrected chi connectivity index (χ1v) is 7.41. The molecule has 0 amide bonds. The second kappa shape index (κ2) is 7.16. The summed E-state index contributed by atoms with van der Waals surface area (Å²) >= 11 is 0. The number of benzene rings is 1.